The van der Waals surface area contributed by atoms with Gasteiger partial charge in [-0.2, -0.15) is 0 Å². The SMILES string of the molecule is COC(=O)C1=CN(C2CCCCC2)c2ccccc2S1(=O)=O. The average molecular weight is 321 g/mol. The average Bonchev–Trinajstić information content (AvgIpc) is 2.55. The number of esters is 1. The summed E-state index contributed by atoms with van der Waals surface area (Å²) in [4.78, 5) is 13.8. The fourth-order valence-corrected chi connectivity index (χ4v) is 4.70. The van der Waals surface area contributed by atoms with Gasteiger partial charge in [0.25, 0.3) is 0 Å². The van der Waals surface area contributed by atoms with Crippen molar-refractivity contribution in [2.45, 2.75) is 43.0 Å². The van der Waals surface area contributed by atoms with Crippen LogP contribution in [0.15, 0.2) is 40.3 Å². The molecule has 1 heterocycles. The predicted molar refractivity (Wildman–Crippen MR) is 83.1 cm³/mol. The van der Waals surface area contributed by atoms with Crippen molar-refractivity contribution in [3.63, 3.8) is 0 Å². The fraction of sp³-hybridized carbons (Fsp3) is 0.438. The lowest BCUT2D eigenvalue weighted by Gasteiger charge is -2.37. The molecule has 0 spiro atoms. The van der Waals surface area contributed by atoms with E-state index in [0.29, 0.717) is 5.69 Å². The van der Waals surface area contributed by atoms with E-state index in [4.69, 9.17) is 0 Å². The maximum atomic E-state index is 12.6. The van der Waals surface area contributed by atoms with Gasteiger partial charge < -0.3 is 9.64 Å². The van der Waals surface area contributed by atoms with Crippen molar-refractivity contribution in [2.24, 2.45) is 0 Å². The Balaban J connectivity index is 2.13. The lowest BCUT2D eigenvalue weighted by Crippen LogP contribution is -2.37. The Morgan fingerprint density at radius 2 is 1.86 bits per heavy atom. The van der Waals surface area contributed by atoms with Crippen molar-refractivity contribution in [2.75, 3.05) is 12.0 Å². The molecule has 1 aliphatic heterocycles. The second-order valence-corrected chi connectivity index (χ2v) is 7.54. The van der Waals surface area contributed by atoms with Gasteiger partial charge in [0.15, 0.2) is 4.91 Å². The number of methoxy groups -OCH3 is 1. The molecule has 0 N–H and O–H groups in total. The maximum absolute atomic E-state index is 12.6. The first-order valence-corrected chi connectivity index (χ1v) is 8.96. The first-order chi connectivity index (χ1) is 10.6. The predicted octanol–water partition coefficient (Wildman–Crippen LogP) is 2.63. The van der Waals surface area contributed by atoms with Crippen LogP contribution in [0, 0.1) is 0 Å². The number of carbonyl (C=O) groups is 1. The summed E-state index contributed by atoms with van der Waals surface area (Å²) in [6.45, 7) is 0. The van der Waals surface area contributed by atoms with Crippen molar-refractivity contribution in [3.8, 4) is 0 Å². The van der Waals surface area contributed by atoms with Gasteiger partial charge in [-0.15, -0.1) is 0 Å². The Morgan fingerprint density at radius 3 is 2.55 bits per heavy atom. The number of sulfone groups is 1. The molecule has 22 heavy (non-hydrogen) atoms. The van der Waals surface area contributed by atoms with Crippen LogP contribution in [0.1, 0.15) is 32.1 Å². The van der Waals surface area contributed by atoms with Crippen LogP contribution in [0.2, 0.25) is 0 Å². The summed E-state index contributed by atoms with van der Waals surface area (Å²) in [5.41, 5.74) is 0.655. The summed E-state index contributed by atoms with van der Waals surface area (Å²) in [6.07, 6.45) is 6.91. The van der Waals surface area contributed by atoms with Crippen molar-refractivity contribution in [1.82, 2.24) is 0 Å². The van der Waals surface area contributed by atoms with Crippen LogP contribution in [0.5, 0.6) is 0 Å². The molecule has 0 atom stereocenters. The summed E-state index contributed by atoms with van der Waals surface area (Å²) >= 11 is 0. The summed E-state index contributed by atoms with van der Waals surface area (Å²) in [5.74, 6) is -0.810. The van der Waals surface area contributed by atoms with E-state index >= 15 is 0 Å². The number of para-hydroxylation sites is 1. The standard InChI is InChI=1S/C16H19NO4S/c1-21-16(18)15-11-17(12-7-3-2-4-8-12)13-9-5-6-10-14(13)22(15,19)20/h5-6,9-12H,2-4,7-8H2,1H3. The summed E-state index contributed by atoms with van der Waals surface area (Å²) in [5, 5.41) is 0. The van der Waals surface area contributed by atoms with Crippen molar-refractivity contribution < 1.29 is 17.9 Å². The van der Waals surface area contributed by atoms with E-state index in [1.165, 1.54) is 19.7 Å². The van der Waals surface area contributed by atoms with Crippen LogP contribution in [-0.4, -0.2) is 27.5 Å². The van der Waals surface area contributed by atoms with Gasteiger partial charge in [-0.25, -0.2) is 13.2 Å². The molecule has 6 heteroatoms. The highest BCUT2D eigenvalue weighted by Crippen LogP contribution is 2.39. The Morgan fingerprint density at radius 1 is 1.18 bits per heavy atom. The third-order valence-electron chi connectivity index (χ3n) is 4.33. The lowest BCUT2D eigenvalue weighted by atomic mass is 9.94. The fourth-order valence-electron chi connectivity index (χ4n) is 3.21. The minimum absolute atomic E-state index is 0.184. The van der Waals surface area contributed by atoms with Crippen LogP contribution >= 0.6 is 0 Å². The molecule has 0 radical (unpaired) electrons. The van der Waals surface area contributed by atoms with E-state index in [2.05, 4.69) is 4.74 Å². The highest BCUT2D eigenvalue weighted by atomic mass is 32.2. The van der Waals surface area contributed by atoms with E-state index in [0.717, 1.165) is 25.7 Å². The Kier molecular flexibility index (Phi) is 3.95. The Bertz CT molecular complexity index is 717. The molecule has 118 valence electrons. The molecule has 1 aliphatic carbocycles. The van der Waals surface area contributed by atoms with E-state index in [1.807, 2.05) is 11.0 Å². The molecule has 0 aromatic heterocycles. The van der Waals surface area contributed by atoms with Gasteiger partial charge in [0.05, 0.1) is 17.7 Å². The number of rotatable bonds is 2. The number of anilines is 1. The van der Waals surface area contributed by atoms with Gasteiger partial charge in [0, 0.05) is 12.2 Å². The summed E-state index contributed by atoms with van der Waals surface area (Å²) in [6, 6.07) is 7.07. The second kappa shape index (κ2) is 5.76. The van der Waals surface area contributed by atoms with Crippen molar-refractivity contribution in [3.05, 3.63) is 35.4 Å². The van der Waals surface area contributed by atoms with Crippen LogP contribution in [-0.2, 0) is 19.4 Å². The normalized spacial score (nSPS) is 21.0. The highest BCUT2D eigenvalue weighted by Gasteiger charge is 2.37. The topological polar surface area (TPSA) is 63.7 Å². The molecule has 0 bridgehead atoms. The van der Waals surface area contributed by atoms with Crippen LogP contribution in [0.25, 0.3) is 0 Å². The smallest absolute Gasteiger partial charge is 0.351 e. The zero-order chi connectivity index (χ0) is 15.7. The third kappa shape index (κ3) is 2.41. The van der Waals surface area contributed by atoms with Gasteiger partial charge >= 0.3 is 5.97 Å². The molecule has 1 saturated carbocycles. The molecule has 1 fully saturated rings. The number of hydrogen-bond acceptors (Lipinski definition) is 5. The number of fused-ring (bicyclic) bond motifs is 1. The monoisotopic (exact) mass is 321 g/mol. The first kappa shape index (κ1) is 15.1. The number of nitrogens with zero attached hydrogens (tertiary/aromatic N) is 1. The zero-order valence-corrected chi connectivity index (χ0v) is 13.3. The van der Waals surface area contributed by atoms with Crippen molar-refractivity contribution >= 4 is 21.5 Å². The second-order valence-electron chi connectivity index (χ2n) is 5.66. The van der Waals surface area contributed by atoms with Gasteiger partial charge in [-0.3, -0.25) is 0 Å². The first-order valence-electron chi connectivity index (χ1n) is 7.48. The van der Waals surface area contributed by atoms with Crippen LogP contribution < -0.4 is 4.90 Å². The molecule has 1 aromatic rings. The molecule has 5 nitrogen and oxygen atoms in total. The molecule has 3 rings (SSSR count). The van der Waals surface area contributed by atoms with Crippen molar-refractivity contribution in [1.29, 1.82) is 0 Å². The maximum Gasteiger partial charge on any atom is 0.351 e. The Hall–Kier alpha value is -1.82. The van der Waals surface area contributed by atoms with Gasteiger partial charge in [-0.05, 0) is 25.0 Å². The summed E-state index contributed by atoms with van der Waals surface area (Å²) < 4.78 is 29.9. The lowest BCUT2D eigenvalue weighted by molar-refractivity contribution is -0.135. The van der Waals surface area contributed by atoms with Crippen LogP contribution in [0.3, 0.4) is 0 Å². The molecule has 1 aromatic carbocycles. The minimum Gasteiger partial charge on any atom is -0.465 e. The molecule has 2 aliphatic rings. The number of carbonyl (C=O) groups excluding carboxylic acids is 1. The van der Waals surface area contributed by atoms with Crippen LogP contribution in [0.4, 0.5) is 5.69 Å². The van der Waals surface area contributed by atoms with Gasteiger partial charge in [0.1, 0.15) is 0 Å². The largest absolute Gasteiger partial charge is 0.465 e. The minimum atomic E-state index is -3.82. The van der Waals surface area contributed by atoms with E-state index < -0.39 is 15.8 Å². The van der Waals surface area contributed by atoms with Gasteiger partial charge in [0.2, 0.25) is 9.84 Å². The number of benzene rings is 1. The van der Waals surface area contributed by atoms with E-state index in [9.17, 15) is 13.2 Å². The molecule has 0 amide bonds. The Labute approximate surface area is 130 Å². The van der Waals surface area contributed by atoms with E-state index in [1.54, 1.807) is 18.2 Å². The number of hydrogen-bond donors (Lipinski definition) is 0. The zero-order valence-electron chi connectivity index (χ0n) is 12.5. The van der Waals surface area contributed by atoms with E-state index in [-0.39, 0.29) is 15.8 Å². The summed E-state index contributed by atoms with van der Waals surface area (Å²) in [7, 11) is -2.62. The molecular weight excluding hydrogens is 302 g/mol. The molecule has 0 unspecified atom stereocenters. The number of ether oxygens (including phenoxy) is 1. The molecular formula is C16H19NO4S. The quantitative estimate of drug-likeness (QED) is 0.784. The van der Waals surface area contributed by atoms with Gasteiger partial charge in [-0.1, -0.05) is 31.4 Å². The molecule has 0 saturated heterocycles. The third-order valence-corrected chi connectivity index (χ3v) is 6.11. The highest BCUT2D eigenvalue weighted by molar-refractivity contribution is 7.96.